The van der Waals surface area contributed by atoms with E-state index in [1.807, 2.05) is 13.0 Å². The van der Waals surface area contributed by atoms with Crippen molar-refractivity contribution in [1.82, 2.24) is 9.47 Å². The lowest BCUT2D eigenvalue weighted by molar-refractivity contribution is -0.122. The molecule has 1 saturated carbocycles. The highest BCUT2D eigenvalue weighted by Crippen LogP contribution is 2.35. The normalized spacial score (nSPS) is 19.6. The SMILES string of the molecule is CCN1C(=O)S/C(=C\c2cc(C)n(-c3ccc(C4CCCCC4)cc3)c2C)C1=O. The van der Waals surface area contributed by atoms with Crippen molar-refractivity contribution in [1.29, 1.82) is 0 Å². The molecule has 0 atom stereocenters. The topological polar surface area (TPSA) is 42.3 Å². The highest BCUT2D eigenvalue weighted by Gasteiger charge is 2.33. The van der Waals surface area contributed by atoms with Crippen molar-refractivity contribution >= 4 is 29.0 Å². The second-order valence-corrected chi connectivity index (χ2v) is 9.01. The molecule has 0 radical (unpaired) electrons. The van der Waals surface area contributed by atoms with Crippen molar-refractivity contribution < 1.29 is 9.59 Å². The van der Waals surface area contributed by atoms with Crippen molar-refractivity contribution in [2.75, 3.05) is 6.54 Å². The number of hydrogen-bond donors (Lipinski definition) is 0. The van der Waals surface area contributed by atoms with Crippen LogP contribution in [0, 0.1) is 13.8 Å². The molecular formula is C24H28N2O2S. The zero-order valence-electron chi connectivity index (χ0n) is 17.4. The van der Waals surface area contributed by atoms with E-state index in [0.29, 0.717) is 17.4 Å². The lowest BCUT2D eigenvalue weighted by atomic mass is 9.84. The number of hydrogen-bond acceptors (Lipinski definition) is 3. The van der Waals surface area contributed by atoms with Crippen LogP contribution in [0.5, 0.6) is 0 Å². The summed E-state index contributed by atoms with van der Waals surface area (Å²) in [5.41, 5.74) is 5.77. The zero-order valence-corrected chi connectivity index (χ0v) is 18.2. The smallest absolute Gasteiger partial charge is 0.293 e. The van der Waals surface area contributed by atoms with Gasteiger partial charge in [-0.3, -0.25) is 14.5 Å². The molecule has 2 aliphatic rings. The number of imide groups is 1. The summed E-state index contributed by atoms with van der Waals surface area (Å²) in [6, 6.07) is 11.1. The van der Waals surface area contributed by atoms with Gasteiger partial charge in [-0.25, -0.2) is 0 Å². The third-order valence-corrected chi connectivity index (χ3v) is 7.08. The number of amides is 2. The van der Waals surface area contributed by atoms with E-state index >= 15 is 0 Å². The van der Waals surface area contributed by atoms with Crippen LogP contribution < -0.4 is 0 Å². The average Bonchev–Trinajstić information content (AvgIpc) is 3.17. The molecule has 0 N–H and O–H groups in total. The first kappa shape index (κ1) is 20.0. The van der Waals surface area contributed by atoms with Crippen molar-refractivity contribution in [2.45, 2.75) is 58.8 Å². The predicted octanol–water partition coefficient (Wildman–Crippen LogP) is 6.20. The van der Waals surface area contributed by atoms with E-state index in [4.69, 9.17) is 0 Å². The molecule has 2 fully saturated rings. The molecule has 0 unspecified atom stereocenters. The van der Waals surface area contributed by atoms with Gasteiger partial charge in [-0.05, 0) is 86.7 Å². The fraction of sp³-hybridized carbons (Fsp3) is 0.417. The minimum absolute atomic E-state index is 0.184. The quantitative estimate of drug-likeness (QED) is 0.566. The van der Waals surface area contributed by atoms with Crippen molar-refractivity contribution in [3.05, 3.63) is 57.8 Å². The van der Waals surface area contributed by atoms with Gasteiger partial charge in [0.1, 0.15) is 0 Å². The summed E-state index contributed by atoms with van der Waals surface area (Å²) in [4.78, 5) is 26.2. The fourth-order valence-corrected chi connectivity index (χ4v) is 5.47. The van der Waals surface area contributed by atoms with Gasteiger partial charge in [-0.1, -0.05) is 31.4 Å². The lowest BCUT2D eigenvalue weighted by Gasteiger charge is -2.22. The van der Waals surface area contributed by atoms with E-state index in [9.17, 15) is 9.59 Å². The molecule has 2 aromatic rings. The first-order valence-electron chi connectivity index (χ1n) is 10.5. The monoisotopic (exact) mass is 408 g/mol. The molecule has 152 valence electrons. The van der Waals surface area contributed by atoms with E-state index in [1.165, 1.54) is 42.6 Å². The molecule has 1 saturated heterocycles. The van der Waals surface area contributed by atoms with E-state index in [0.717, 1.165) is 34.4 Å². The first-order valence-corrected chi connectivity index (χ1v) is 11.4. The number of aryl methyl sites for hydroxylation is 1. The van der Waals surface area contributed by atoms with Crippen LogP contribution in [0.1, 0.15) is 67.5 Å². The van der Waals surface area contributed by atoms with Gasteiger partial charge in [0, 0.05) is 23.6 Å². The lowest BCUT2D eigenvalue weighted by Crippen LogP contribution is -2.27. The van der Waals surface area contributed by atoms with E-state index in [2.05, 4.69) is 48.7 Å². The Labute approximate surface area is 177 Å². The maximum absolute atomic E-state index is 12.4. The Morgan fingerprint density at radius 3 is 2.38 bits per heavy atom. The van der Waals surface area contributed by atoms with E-state index in [-0.39, 0.29) is 11.1 Å². The summed E-state index contributed by atoms with van der Waals surface area (Å²) in [5, 5.41) is -0.184. The molecule has 5 heteroatoms. The van der Waals surface area contributed by atoms with Gasteiger partial charge in [0.25, 0.3) is 11.1 Å². The largest absolute Gasteiger partial charge is 0.318 e. The van der Waals surface area contributed by atoms with Gasteiger partial charge in [-0.2, -0.15) is 0 Å². The average molecular weight is 409 g/mol. The van der Waals surface area contributed by atoms with Crippen LogP contribution in [0.3, 0.4) is 0 Å². The molecule has 1 aliphatic heterocycles. The minimum Gasteiger partial charge on any atom is -0.318 e. The Balaban J connectivity index is 1.62. The molecule has 4 nitrogen and oxygen atoms in total. The van der Waals surface area contributed by atoms with Crippen LogP contribution in [0.25, 0.3) is 11.8 Å². The molecule has 1 aliphatic carbocycles. The molecule has 1 aromatic carbocycles. The number of carbonyl (C=O) groups excluding carboxylic acids is 2. The molecule has 1 aromatic heterocycles. The molecule has 2 heterocycles. The summed E-state index contributed by atoms with van der Waals surface area (Å²) in [5.74, 6) is 0.513. The molecule has 0 spiro atoms. The number of aromatic nitrogens is 1. The Bertz CT molecular complexity index is 966. The van der Waals surface area contributed by atoms with Gasteiger partial charge in [0.15, 0.2) is 0 Å². The number of nitrogens with zero attached hydrogens (tertiary/aromatic N) is 2. The molecule has 29 heavy (non-hydrogen) atoms. The number of thioether (sulfide) groups is 1. The third-order valence-electron chi connectivity index (χ3n) is 6.17. The van der Waals surface area contributed by atoms with Crippen LogP contribution in [0.15, 0.2) is 35.2 Å². The summed E-state index contributed by atoms with van der Waals surface area (Å²) in [6.07, 6.45) is 8.52. The number of rotatable bonds is 4. The van der Waals surface area contributed by atoms with E-state index < -0.39 is 0 Å². The van der Waals surface area contributed by atoms with Crippen LogP contribution in [-0.2, 0) is 4.79 Å². The maximum atomic E-state index is 12.4. The predicted molar refractivity (Wildman–Crippen MR) is 119 cm³/mol. The molecule has 0 bridgehead atoms. The van der Waals surface area contributed by atoms with Gasteiger partial charge in [-0.15, -0.1) is 0 Å². The van der Waals surface area contributed by atoms with Crippen molar-refractivity contribution in [3.63, 3.8) is 0 Å². The molecule has 2 amide bonds. The van der Waals surface area contributed by atoms with Gasteiger partial charge in [0.2, 0.25) is 0 Å². The summed E-state index contributed by atoms with van der Waals surface area (Å²) < 4.78 is 2.22. The number of likely N-dealkylation sites (N-methyl/N-ethyl adjacent to an activating group) is 1. The minimum atomic E-state index is -0.191. The Kier molecular flexibility index (Phi) is 5.68. The second kappa shape index (κ2) is 8.23. The highest BCUT2D eigenvalue weighted by molar-refractivity contribution is 8.18. The summed E-state index contributed by atoms with van der Waals surface area (Å²) >= 11 is 1.03. The second-order valence-electron chi connectivity index (χ2n) is 8.01. The Hall–Kier alpha value is -2.27. The van der Waals surface area contributed by atoms with Crippen LogP contribution >= 0.6 is 11.8 Å². The van der Waals surface area contributed by atoms with Gasteiger partial charge in [0.05, 0.1) is 4.91 Å². The molecule has 4 rings (SSSR count). The first-order chi connectivity index (χ1) is 14.0. The van der Waals surface area contributed by atoms with Crippen molar-refractivity contribution in [3.8, 4) is 5.69 Å². The number of carbonyl (C=O) groups is 2. The van der Waals surface area contributed by atoms with Crippen LogP contribution in [0.4, 0.5) is 4.79 Å². The van der Waals surface area contributed by atoms with Crippen LogP contribution in [-0.4, -0.2) is 27.2 Å². The third kappa shape index (κ3) is 3.80. The fourth-order valence-electron chi connectivity index (χ4n) is 4.58. The van der Waals surface area contributed by atoms with Gasteiger partial charge >= 0.3 is 0 Å². The highest BCUT2D eigenvalue weighted by atomic mass is 32.2. The van der Waals surface area contributed by atoms with Crippen molar-refractivity contribution in [2.24, 2.45) is 0 Å². The standard InChI is InChI=1S/C24H28N2O2S/c1-4-25-23(27)22(29-24(25)28)15-20-14-16(2)26(17(20)3)21-12-10-19(11-13-21)18-8-6-5-7-9-18/h10-15,18H,4-9H2,1-3H3/b22-15-. The Morgan fingerprint density at radius 1 is 1.07 bits per heavy atom. The Morgan fingerprint density at radius 2 is 1.76 bits per heavy atom. The molecular weight excluding hydrogens is 380 g/mol. The maximum Gasteiger partial charge on any atom is 0.293 e. The number of benzene rings is 1. The summed E-state index contributed by atoms with van der Waals surface area (Å²) in [6.45, 7) is 6.38. The van der Waals surface area contributed by atoms with Crippen LogP contribution in [0.2, 0.25) is 0 Å². The van der Waals surface area contributed by atoms with E-state index in [1.54, 1.807) is 0 Å². The van der Waals surface area contributed by atoms with Gasteiger partial charge < -0.3 is 4.57 Å². The summed E-state index contributed by atoms with van der Waals surface area (Å²) in [7, 11) is 0. The zero-order chi connectivity index (χ0) is 20.5.